The molecule has 0 aliphatic rings. The molecular weight excluding hydrogens is 218 g/mol. The monoisotopic (exact) mass is 237 g/mol. The molecule has 0 aliphatic heterocycles. The molecule has 1 aromatic rings. The second kappa shape index (κ2) is 6.25. The molecule has 0 fully saturated rings. The van der Waals surface area contributed by atoms with Crippen molar-refractivity contribution in [2.24, 2.45) is 5.73 Å². The highest BCUT2D eigenvalue weighted by molar-refractivity contribution is 5.75. The van der Waals surface area contributed by atoms with Crippen LogP contribution in [-0.2, 0) is 9.53 Å². The standard InChI is InChI=1S/C13H19NO3/c1-9(2)10-4-6-11(7-5-10)17-12(8-14)13(15)16-3/h4-7,9,12H,8,14H2,1-3H3. The lowest BCUT2D eigenvalue weighted by molar-refractivity contribution is -0.148. The van der Waals surface area contributed by atoms with Crippen molar-refractivity contribution in [3.8, 4) is 5.75 Å². The van der Waals surface area contributed by atoms with Gasteiger partial charge in [0.1, 0.15) is 5.75 Å². The highest BCUT2D eigenvalue weighted by Gasteiger charge is 2.19. The van der Waals surface area contributed by atoms with Crippen LogP contribution in [0.25, 0.3) is 0 Å². The number of esters is 1. The van der Waals surface area contributed by atoms with E-state index in [-0.39, 0.29) is 6.54 Å². The van der Waals surface area contributed by atoms with E-state index in [1.165, 1.54) is 12.7 Å². The molecule has 0 saturated carbocycles. The molecule has 0 radical (unpaired) electrons. The van der Waals surface area contributed by atoms with Crippen LogP contribution in [0.2, 0.25) is 0 Å². The third-order valence-electron chi connectivity index (χ3n) is 2.50. The highest BCUT2D eigenvalue weighted by atomic mass is 16.6. The molecular formula is C13H19NO3. The van der Waals surface area contributed by atoms with Crippen LogP contribution < -0.4 is 10.5 Å². The van der Waals surface area contributed by atoms with Crippen molar-refractivity contribution in [1.29, 1.82) is 0 Å². The Balaban J connectivity index is 2.70. The molecule has 1 unspecified atom stereocenters. The van der Waals surface area contributed by atoms with Crippen molar-refractivity contribution in [2.45, 2.75) is 25.9 Å². The van der Waals surface area contributed by atoms with Crippen molar-refractivity contribution in [1.82, 2.24) is 0 Å². The lowest BCUT2D eigenvalue weighted by Gasteiger charge is -2.15. The molecule has 17 heavy (non-hydrogen) atoms. The molecule has 4 nitrogen and oxygen atoms in total. The fraction of sp³-hybridized carbons (Fsp3) is 0.462. The second-order valence-corrected chi connectivity index (χ2v) is 4.09. The average Bonchev–Trinajstić information content (AvgIpc) is 2.35. The van der Waals surface area contributed by atoms with E-state index < -0.39 is 12.1 Å². The largest absolute Gasteiger partial charge is 0.477 e. The van der Waals surface area contributed by atoms with Gasteiger partial charge in [-0.1, -0.05) is 26.0 Å². The number of hydrogen-bond acceptors (Lipinski definition) is 4. The summed E-state index contributed by atoms with van der Waals surface area (Å²) in [7, 11) is 1.32. The first-order chi connectivity index (χ1) is 8.08. The van der Waals surface area contributed by atoms with Crippen LogP contribution in [0.15, 0.2) is 24.3 Å². The Hall–Kier alpha value is -1.55. The van der Waals surface area contributed by atoms with Crippen LogP contribution in [0.1, 0.15) is 25.3 Å². The van der Waals surface area contributed by atoms with Gasteiger partial charge in [-0.25, -0.2) is 4.79 Å². The van der Waals surface area contributed by atoms with E-state index in [1.54, 1.807) is 0 Å². The number of hydrogen-bond donors (Lipinski definition) is 1. The van der Waals surface area contributed by atoms with Crippen LogP contribution >= 0.6 is 0 Å². The van der Waals surface area contributed by atoms with Gasteiger partial charge in [0.2, 0.25) is 6.10 Å². The lowest BCUT2D eigenvalue weighted by atomic mass is 10.0. The first-order valence-corrected chi connectivity index (χ1v) is 5.63. The van der Waals surface area contributed by atoms with E-state index in [0.29, 0.717) is 11.7 Å². The summed E-state index contributed by atoms with van der Waals surface area (Å²) in [5.74, 6) is 0.630. The molecule has 1 aromatic carbocycles. The fourth-order valence-electron chi connectivity index (χ4n) is 1.42. The van der Waals surface area contributed by atoms with Gasteiger partial charge in [-0.15, -0.1) is 0 Å². The number of methoxy groups -OCH3 is 1. The minimum Gasteiger partial charge on any atom is -0.477 e. The van der Waals surface area contributed by atoms with Gasteiger partial charge in [-0.2, -0.15) is 0 Å². The minimum absolute atomic E-state index is 0.0958. The van der Waals surface area contributed by atoms with Crippen LogP contribution in [0.5, 0.6) is 5.75 Å². The van der Waals surface area contributed by atoms with E-state index in [9.17, 15) is 4.79 Å². The summed E-state index contributed by atoms with van der Waals surface area (Å²) in [6, 6.07) is 7.62. The zero-order valence-corrected chi connectivity index (χ0v) is 10.5. The third kappa shape index (κ3) is 3.75. The molecule has 1 rings (SSSR count). The molecule has 0 aromatic heterocycles. The highest BCUT2D eigenvalue weighted by Crippen LogP contribution is 2.19. The Bertz CT molecular complexity index is 359. The van der Waals surface area contributed by atoms with Crippen molar-refractivity contribution in [3.63, 3.8) is 0 Å². The maximum absolute atomic E-state index is 11.3. The zero-order chi connectivity index (χ0) is 12.8. The normalized spacial score (nSPS) is 12.3. The number of benzene rings is 1. The Morgan fingerprint density at radius 1 is 1.29 bits per heavy atom. The minimum atomic E-state index is -0.745. The van der Waals surface area contributed by atoms with Gasteiger partial charge in [0.25, 0.3) is 0 Å². The maximum atomic E-state index is 11.3. The third-order valence-corrected chi connectivity index (χ3v) is 2.50. The van der Waals surface area contributed by atoms with Gasteiger partial charge in [-0.05, 0) is 23.6 Å². The first-order valence-electron chi connectivity index (χ1n) is 5.63. The Morgan fingerprint density at radius 3 is 2.29 bits per heavy atom. The summed E-state index contributed by atoms with van der Waals surface area (Å²) in [6.45, 7) is 4.33. The molecule has 0 bridgehead atoms. The SMILES string of the molecule is COC(=O)C(CN)Oc1ccc(C(C)C)cc1. The predicted molar refractivity (Wildman–Crippen MR) is 66.0 cm³/mol. The molecule has 0 spiro atoms. The number of rotatable bonds is 5. The Morgan fingerprint density at radius 2 is 1.88 bits per heavy atom. The van der Waals surface area contributed by atoms with Gasteiger partial charge in [-0.3, -0.25) is 0 Å². The van der Waals surface area contributed by atoms with E-state index in [2.05, 4.69) is 18.6 Å². The molecule has 1 atom stereocenters. The van der Waals surface area contributed by atoms with Crippen molar-refractivity contribution in [2.75, 3.05) is 13.7 Å². The summed E-state index contributed by atoms with van der Waals surface area (Å²) in [5.41, 5.74) is 6.67. The summed E-state index contributed by atoms with van der Waals surface area (Å²) in [6.07, 6.45) is -0.745. The lowest BCUT2D eigenvalue weighted by Crippen LogP contribution is -2.35. The van der Waals surface area contributed by atoms with E-state index in [1.807, 2.05) is 24.3 Å². The van der Waals surface area contributed by atoms with Crippen LogP contribution in [0.3, 0.4) is 0 Å². The zero-order valence-electron chi connectivity index (χ0n) is 10.5. The average molecular weight is 237 g/mol. The van der Waals surface area contributed by atoms with Crippen LogP contribution in [0, 0.1) is 0 Å². The second-order valence-electron chi connectivity index (χ2n) is 4.09. The van der Waals surface area contributed by atoms with Crippen molar-refractivity contribution < 1.29 is 14.3 Å². The Labute approximate surface area is 102 Å². The van der Waals surface area contributed by atoms with Gasteiger partial charge >= 0.3 is 5.97 Å². The number of nitrogens with two attached hydrogens (primary N) is 1. The quantitative estimate of drug-likeness (QED) is 0.792. The summed E-state index contributed by atoms with van der Waals surface area (Å²) >= 11 is 0. The molecule has 2 N–H and O–H groups in total. The number of carbonyl (C=O) groups is 1. The van der Waals surface area contributed by atoms with Crippen LogP contribution in [0.4, 0.5) is 0 Å². The molecule has 0 amide bonds. The number of ether oxygens (including phenoxy) is 2. The molecule has 0 aliphatic carbocycles. The van der Waals surface area contributed by atoms with E-state index in [4.69, 9.17) is 10.5 Å². The van der Waals surface area contributed by atoms with Gasteiger partial charge in [0.05, 0.1) is 7.11 Å². The van der Waals surface area contributed by atoms with Gasteiger partial charge < -0.3 is 15.2 Å². The summed E-state index contributed by atoms with van der Waals surface area (Å²) in [4.78, 5) is 11.3. The Kier molecular flexibility index (Phi) is 4.97. The van der Waals surface area contributed by atoms with E-state index in [0.717, 1.165) is 0 Å². The molecule has 4 heteroatoms. The van der Waals surface area contributed by atoms with Crippen molar-refractivity contribution in [3.05, 3.63) is 29.8 Å². The summed E-state index contributed by atoms with van der Waals surface area (Å²) < 4.78 is 10.0. The van der Waals surface area contributed by atoms with E-state index >= 15 is 0 Å². The number of carbonyl (C=O) groups excluding carboxylic acids is 1. The topological polar surface area (TPSA) is 61.5 Å². The molecule has 0 saturated heterocycles. The van der Waals surface area contributed by atoms with Crippen LogP contribution in [-0.4, -0.2) is 25.7 Å². The summed E-state index contributed by atoms with van der Waals surface area (Å²) in [5, 5.41) is 0. The van der Waals surface area contributed by atoms with Gasteiger partial charge in [0.15, 0.2) is 0 Å². The predicted octanol–water partition coefficient (Wildman–Crippen LogP) is 1.69. The molecule has 94 valence electrons. The van der Waals surface area contributed by atoms with Crippen molar-refractivity contribution >= 4 is 5.97 Å². The molecule has 0 heterocycles. The smallest absolute Gasteiger partial charge is 0.348 e. The maximum Gasteiger partial charge on any atom is 0.348 e. The van der Waals surface area contributed by atoms with Gasteiger partial charge in [0, 0.05) is 6.54 Å². The first kappa shape index (κ1) is 13.5. The fourth-order valence-corrected chi connectivity index (χ4v) is 1.42.